The molecule has 0 aliphatic carbocycles. The highest BCUT2D eigenvalue weighted by molar-refractivity contribution is 7.07. The first-order valence-corrected chi connectivity index (χ1v) is 9.42. The summed E-state index contributed by atoms with van der Waals surface area (Å²) in [6.07, 6.45) is 2.01. The van der Waals surface area contributed by atoms with Crippen LogP contribution in [-0.4, -0.2) is 32.7 Å². The first kappa shape index (κ1) is 16.8. The predicted octanol–water partition coefficient (Wildman–Crippen LogP) is 3.19. The van der Waals surface area contributed by atoms with E-state index in [-0.39, 0.29) is 0 Å². The summed E-state index contributed by atoms with van der Waals surface area (Å²) in [5, 5.41) is 11.1. The first-order valence-electron chi connectivity index (χ1n) is 8.47. The summed E-state index contributed by atoms with van der Waals surface area (Å²) in [5.74, 6) is 2.39. The van der Waals surface area contributed by atoms with Gasteiger partial charge in [0, 0.05) is 26.6 Å². The Bertz CT molecular complexity index is 682. The van der Waals surface area contributed by atoms with Crippen molar-refractivity contribution < 1.29 is 4.74 Å². The molecule has 1 unspecified atom stereocenters. The molecule has 2 aromatic rings. The summed E-state index contributed by atoms with van der Waals surface area (Å²) < 4.78 is 5.55. The van der Waals surface area contributed by atoms with Crippen molar-refractivity contribution in [1.29, 1.82) is 0 Å². The molecule has 1 aromatic carbocycles. The number of rotatable bonds is 6. The lowest BCUT2D eigenvalue weighted by Gasteiger charge is -2.15. The zero-order valence-corrected chi connectivity index (χ0v) is 15.2. The highest BCUT2D eigenvalue weighted by atomic mass is 32.1. The number of guanidine groups is 1. The van der Waals surface area contributed by atoms with Gasteiger partial charge in [-0.05, 0) is 51.9 Å². The molecule has 0 saturated carbocycles. The topological polar surface area (TPSA) is 45.7 Å². The number of nitrogens with zero attached hydrogens (tertiary/aromatic N) is 1. The second-order valence-corrected chi connectivity index (χ2v) is 6.91. The van der Waals surface area contributed by atoms with Crippen LogP contribution in [0.3, 0.4) is 0 Å². The summed E-state index contributed by atoms with van der Waals surface area (Å²) in [6.45, 7) is 4.80. The van der Waals surface area contributed by atoms with E-state index in [2.05, 4.69) is 57.6 Å². The van der Waals surface area contributed by atoms with Crippen LogP contribution < -0.4 is 15.4 Å². The molecule has 128 valence electrons. The number of hydrogen-bond acceptors (Lipinski definition) is 3. The van der Waals surface area contributed by atoms with E-state index in [9.17, 15) is 0 Å². The molecule has 1 aromatic heterocycles. The van der Waals surface area contributed by atoms with Crippen LogP contribution in [0.2, 0.25) is 0 Å². The van der Waals surface area contributed by atoms with Gasteiger partial charge in [-0.25, -0.2) is 0 Å². The van der Waals surface area contributed by atoms with Crippen molar-refractivity contribution in [2.75, 3.05) is 26.7 Å². The summed E-state index contributed by atoms with van der Waals surface area (Å²) >= 11 is 1.75. The molecule has 0 amide bonds. The van der Waals surface area contributed by atoms with Crippen LogP contribution in [0.1, 0.15) is 29.5 Å². The number of fused-ring (bicyclic) bond motifs is 1. The van der Waals surface area contributed by atoms with Crippen molar-refractivity contribution in [1.82, 2.24) is 10.6 Å². The van der Waals surface area contributed by atoms with E-state index in [1.807, 2.05) is 7.05 Å². The third-order valence-electron chi connectivity index (χ3n) is 4.37. The Morgan fingerprint density at radius 3 is 3.04 bits per heavy atom. The van der Waals surface area contributed by atoms with Gasteiger partial charge in [-0.2, -0.15) is 11.3 Å². The molecule has 2 N–H and O–H groups in total. The third kappa shape index (κ3) is 4.29. The quantitative estimate of drug-likeness (QED) is 0.625. The molecule has 0 bridgehead atoms. The number of thiophene rings is 1. The van der Waals surface area contributed by atoms with E-state index < -0.39 is 0 Å². The lowest BCUT2D eigenvalue weighted by molar-refractivity contribution is 0.357. The van der Waals surface area contributed by atoms with Crippen molar-refractivity contribution in [3.05, 3.63) is 51.7 Å². The van der Waals surface area contributed by atoms with Crippen LogP contribution in [0.5, 0.6) is 5.75 Å². The zero-order chi connectivity index (χ0) is 16.8. The molecule has 1 aliphatic heterocycles. The van der Waals surface area contributed by atoms with E-state index in [4.69, 9.17) is 4.74 Å². The van der Waals surface area contributed by atoms with Gasteiger partial charge in [0.05, 0.1) is 6.61 Å². The molecule has 1 atom stereocenters. The van der Waals surface area contributed by atoms with Crippen molar-refractivity contribution in [2.45, 2.75) is 25.7 Å². The lowest BCUT2D eigenvalue weighted by atomic mass is 10.1. The molecule has 0 radical (unpaired) electrons. The van der Waals surface area contributed by atoms with Crippen LogP contribution in [0.15, 0.2) is 40.0 Å². The predicted molar refractivity (Wildman–Crippen MR) is 101 cm³/mol. The minimum Gasteiger partial charge on any atom is -0.493 e. The largest absolute Gasteiger partial charge is 0.493 e. The third-order valence-corrected chi connectivity index (χ3v) is 5.07. The molecule has 2 heterocycles. The van der Waals surface area contributed by atoms with Crippen molar-refractivity contribution in [3.8, 4) is 5.75 Å². The van der Waals surface area contributed by atoms with Gasteiger partial charge in [-0.1, -0.05) is 19.1 Å². The van der Waals surface area contributed by atoms with Crippen molar-refractivity contribution in [3.63, 3.8) is 0 Å². The van der Waals surface area contributed by atoms with Crippen molar-refractivity contribution in [2.24, 2.45) is 4.99 Å². The lowest BCUT2D eigenvalue weighted by Crippen LogP contribution is -2.39. The van der Waals surface area contributed by atoms with Crippen LogP contribution in [-0.2, 0) is 12.8 Å². The Labute approximate surface area is 148 Å². The minimum absolute atomic E-state index is 0.478. The molecular formula is C19H25N3OS. The maximum atomic E-state index is 5.55. The van der Waals surface area contributed by atoms with Crippen LogP contribution >= 0.6 is 11.3 Å². The number of hydrogen-bond donors (Lipinski definition) is 2. The maximum absolute atomic E-state index is 5.55. The van der Waals surface area contributed by atoms with Gasteiger partial charge in [0.2, 0.25) is 0 Å². The molecular weight excluding hydrogens is 318 g/mol. The molecule has 4 nitrogen and oxygen atoms in total. The van der Waals surface area contributed by atoms with E-state index in [1.54, 1.807) is 11.3 Å². The molecule has 5 heteroatoms. The molecule has 24 heavy (non-hydrogen) atoms. The fourth-order valence-electron chi connectivity index (χ4n) is 2.86. The van der Waals surface area contributed by atoms with Crippen LogP contribution in [0.25, 0.3) is 0 Å². The van der Waals surface area contributed by atoms with E-state index >= 15 is 0 Å². The smallest absolute Gasteiger partial charge is 0.191 e. The normalized spacial score (nSPS) is 14.8. The van der Waals surface area contributed by atoms with Gasteiger partial charge in [0.1, 0.15) is 5.75 Å². The zero-order valence-electron chi connectivity index (χ0n) is 14.3. The molecule has 3 rings (SSSR count). The summed E-state index contributed by atoms with van der Waals surface area (Å²) in [5.41, 5.74) is 4.05. The summed E-state index contributed by atoms with van der Waals surface area (Å²) in [7, 11) is 1.82. The number of benzene rings is 1. The number of ether oxygens (including phenoxy) is 1. The summed E-state index contributed by atoms with van der Waals surface area (Å²) in [6, 6.07) is 8.69. The van der Waals surface area contributed by atoms with Crippen LogP contribution in [0, 0.1) is 0 Å². The van der Waals surface area contributed by atoms with Gasteiger partial charge in [-0.15, -0.1) is 0 Å². The molecule has 0 saturated heterocycles. The first-order chi connectivity index (χ1) is 11.8. The van der Waals surface area contributed by atoms with E-state index in [0.29, 0.717) is 5.92 Å². The molecule has 0 fully saturated rings. The average Bonchev–Trinajstić information content (AvgIpc) is 3.28. The average molecular weight is 343 g/mol. The van der Waals surface area contributed by atoms with Gasteiger partial charge in [0.15, 0.2) is 5.96 Å². The SMILES string of the molecule is CN=C(NCCc1ccc2c(c1)CCO2)NCC(C)c1ccsc1. The Morgan fingerprint density at radius 2 is 2.25 bits per heavy atom. The minimum atomic E-state index is 0.478. The molecule has 0 spiro atoms. The Kier molecular flexibility index (Phi) is 5.75. The molecule has 1 aliphatic rings. The highest BCUT2D eigenvalue weighted by Crippen LogP contribution is 2.25. The standard InChI is InChI=1S/C19H25N3OS/c1-14(17-7-10-24-13-17)12-22-19(20-2)21-8-5-15-3-4-18-16(11-15)6-9-23-18/h3-4,7,10-11,13-14H,5-6,8-9,12H2,1-2H3,(H2,20,21,22). The fraction of sp³-hybridized carbons (Fsp3) is 0.421. The second kappa shape index (κ2) is 8.20. The Morgan fingerprint density at radius 1 is 1.33 bits per heavy atom. The Hall–Kier alpha value is -2.01. The highest BCUT2D eigenvalue weighted by Gasteiger charge is 2.12. The second-order valence-electron chi connectivity index (χ2n) is 6.13. The van der Waals surface area contributed by atoms with Crippen LogP contribution in [0.4, 0.5) is 0 Å². The monoisotopic (exact) mass is 343 g/mol. The van der Waals surface area contributed by atoms with E-state index in [0.717, 1.165) is 44.2 Å². The van der Waals surface area contributed by atoms with Crippen molar-refractivity contribution >= 4 is 17.3 Å². The Balaban J connectivity index is 1.43. The maximum Gasteiger partial charge on any atom is 0.191 e. The van der Waals surface area contributed by atoms with Gasteiger partial charge >= 0.3 is 0 Å². The fourth-order valence-corrected chi connectivity index (χ4v) is 3.65. The number of aliphatic imine (C=N–C) groups is 1. The number of nitrogens with one attached hydrogen (secondary N) is 2. The van der Waals surface area contributed by atoms with Gasteiger partial charge < -0.3 is 15.4 Å². The summed E-state index contributed by atoms with van der Waals surface area (Å²) in [4.78, 5) is 4.31. The van der Waals surface area contributed by atoms with Gasteiger partial charge in [0.25, 0.3) is 0 Å². The van der Waals surface area contributed by atoms with Gasteiger partial charge in [-0.3, -0.25) is 4.99 Å². The van der Waals surface area contributed by atoms with E-state index in [1.165, 1.54) is 16.7 Å².